The molecule has 0 radical (unpaired) electrons. The van der Waals surface area contributed by atoms with Crippen LogP contribution >= 0.6 is 11.8 Å². The fourth-order valence-electron chi connectivity index (χ4n) is 4.11. The highest BCUT2D eigenvalue weighted by Crippen LogP contribution is 2.41. The molecule has 4 nitrogen and oxygen atoms in total. The van der Waals surface area contributed by atoms with E-state index >= 15 is 0 Å². The van der Waals surface area contributed by atoms with Crippen LogP contribution in [0.3, 0.4) is 0 Å². The van der Waals surface area contributed by atoms with E-state index in [-0.39, 0.29) is 17.3 Å². The Labute approximate surface area is 167 Å². The summed E-state index contributed by atoms with van der Waals surface area (Å²) in [6.07, 6.45) is 7.87. The summed E-state index contributed by atoms with van der Waals surface area (Å²) in [6, 6.07) is 7.21. The molecule has 2 aliphatic rings. The van der Waals surface area contributed by atoms with E-state index < -0.39 is 6.04 Å². The molecule has 0 aromatic heterocycles. The van der Waals surface area contributed by atoms with E-state index in [0.717, 1.165) is 31.2 Å². The molecule has 1 aliphatic carbocycles. The van der Waals surface area contributed by atoms with Gasteiger partial charge in [-0.05, 0) is 43.7 Å². The molecule has 3 rings (SSSR count). The number of benzene rings is 1. The molecule has 27 heavy (non-hydrogen) atoms. The average molecular weight is 390 g/mol. The van der Waals surface area contributed by atoms with Crippen molar-refractivity contribution in [1.82, 2.24) is 4.90 Å². The number of rotatable bonds is 6. The van der Waals surface area contributed by atoms with E-state index in [1.165, 1.54) is 19.3 Å². The van der Waals surface area contributed by atoms with Gasteiger partial charge in [0.2, 0.25) is 0 Å². The standard InChI is InChI=1S/C22H31NO3S/c1-3-4-14-26-22(25)19-15-27-21(17-11-6-5-7-12-17)23(19)20(24)18-13-9-8-10-16(18)2/h8-10,13,17,19,21H,3-7,11-12,14-15H2,1-2H3. The molecular weight excluding hydrogens is 358 g/mol. The fourth-order valence-corrected chi connectivity index (χ4v) is 5.74. The number of hydrogen-bond donors (Lipinski definition) is 0. The monoisotopic (exact) mass is 389 g/mol. The SMILES string of the molecule is CCCCOC(=O)C1CSC(C2CCCCC2)N1C(=O)c1ccccc1C. The van der Waals surface area contributed by atoms with Gasteiger partial charge < -0.3 is 9.64 Å². The molecule has 0 bridgehead atoms. The van der Waals surface area contributed by atoms with Crippen LogP contribution in [0.5, 0.6) is 0 Å². The minimum Gasteiger partial charge on any atom is -0.464 e. The highest BCUT2D eigenvalue weighted by Gasteiger charge is 2.46. The molecule has 0 spiro atoms. The zero-order valence-corrected chi connectivity index (χ0v) is 17.3. The molecule has 2 atom stereocenters. The molecule has 5 heteroatoms. The van der Waals surface area contributed by atoms with Crippen LogP contribution in [0.2, 0.25) is 0 Å². The highest BCUT2D eigenvalue weighted by atomic mass is 32.2. The molecular formula is C22H31NO3S. The zero-order chi connectivity index (χ0) is 19.2. The second-order valence-electron chi connectivity index (χ2n) is 7.69. The fraction of sp³-hybridized carbons (Fsp3) is 0.636. The normalized spacial score (nSPS) is 23.4. The van der Waals surface area contributed by atoms with Gasteiger partial charge >= 0.3 is 5.97 Å². The molecule has 1 heterocycles. The van der Waals surface area contributed by atoms with Crippen LogP contribution in [-0.2, 0) is 9.53 Å². The van der Waals surface area contributed by atoms with Crippen molar-refractivity contribution in [1.29, 1.82) is 0 Å². The van der Waals surface area contributed by atoms with Crippen LogP contribution in [0.25, 0.3) is 0 Å². The predicted octanol–water partition coefficient (Wildman–Crippen LogP) is 4.80. The van der Waals surface area contributed by atoms with Gasteiger partial charge in [0.05, 0.1) is 12.0 Å². The molecule has 1 saturated heterocycles. The van der Waals surface area contributed by atoms with Crippen molar-refractivity contribution in [2.75, 3.05) is 12.4 Å². The Balaban J connectivity index is 1.83. The minimum atomic E-state index is -0.467. The summed E-state index contributed by atoms with van der Waals surface area (Å²) in [5.41, 5.74) is 1.66. The summed E-state index contributed by atoms with van der Waals surface area (Å²) in [7, 11) is 0. The number of esters is 1. The summed E-state index contributed by atoms with van der Waals surface area (Å²) >= 11 is 1.77. The lowest BCUT2D eigenvalue weighted by atomic mass is 9.88. The average Bonchev–Trinajstić information content (AvgIpc) is 3.14. The third kappa shape index (κ3) is 4.68. The van der Waals surface area contributed by atoms with Gasteiger partial charge in [-0.3, -0.25) is 4.79 Å². The van der Waals surface area contributed by atoms with Crippen molar-refractivity contribution < 1.29 is 14.3 Å². The Hall–Kier alpha value is -1.49. The number of aryl methyl sites for hydroxylation is 1. The Morgan fingerprint density at radius 2 is 1.93 bits per heavy atom. The summed E-state index contributed by atoms with van der Waals surface area (Å²) in [5.74, 6) is 0.858. The van der Waals surface area contributed by atoms with Gasteiger partial charge in [-0.2, -0.15) is 0 Å². The van der Waals surface area contributed by atoms with Crippen LogP contribution in [0.1, 0.15) is 67.8 Å². The van der Waals surface area contributed by atoms with Crippen molar-refractivity contribution in [2.24, 2.45) is 5.92 Å². The highest BCUT2D eigenvalue weighted by molar-refractivity contribution is 8.00. The second-order valence-corrected chi connectivity index (χ2v) is 8.84. The van der Waals surface area contributed by atoms with Gasteiger partial charge in [0.15, 0.2) is 0 Å². The number of nitrogens with zero attached hydrogens (tertiary/aromatic N) is 1. The maximum atomic E-state index is 13.5. The lowest BCUT2D eigenvalue weighted by Gasteiger charge is -2.35. The van der Waals surface area contributed by atoms with E-state index in [2.05, 4.69) is 6.92 Å². The van der Waals surface area contributed by atoms with E-state index in [1.807, 2.05) is 36.1 Å². The van der Waals surface area contributed by atoms with E-state index in [0.29, 0.717) is 23.8 Å². The first-order valence-electron chi connectivity index (χ1n) is 10.3. The molecule has 148 valence electrons. The zero-order valence-electron chi connectivity index (χ0n) is 16.5. The number of hydrogen-bond acceptors (Lipinski definition) is 4. The third-order valence-electron chi connectivity index (χ3n) is 5.71. The largest absolute Gasteiger partial charge is 0.464 e. The van der Waals surface area contributed by atoms with Gasteiger partial charge in [-0.1, -0.05) is 50.8 Å². The molecule has 1 amide bonds. The number of thioether (sulfide) groups is 1. The summed E-state index contributed by atoms with van der Waals surface area (Å²) < 4.78 is 5.50. The molecule has 2 unspecified atom stereocenters. The van der Waals surface area contributed by atoms with Crippen LogP contribution in [0, 0.1) is 12.8 Å². The topological polar surface area (TPSA) is 46.6 Å². The van der Waals surface area contributed by atoms with Crippen LogP contribution in [-0.4, -0.2) is 40.6 Å². The number of carbonyl (C=O) groups is 2. The lowest BCUT2D eigenvalue weighted by molar-refractivity contribution is -0.148. The first kappa shape index (κ1) is 20.2. The maximum absolute atomic E-state index is 13.5. The molecule has 1 saturated carbocycles. The molecule has 0 N–H and O–H groups in total. The summed E-state index contributed by atoms with van der Waals surface area (Å²) in [6.45, 7) is 4.48. The Morgan fingerprint density at radius 1 is 1.19 bits per heavy atom. The van der Waals surface area contributed by atoms with Gasteiger partial charge in [-0.15, -0.1) is 11.8 Å². The smallest absolute Gasteiger partial charge is 0.329 e. The van der Waals surface area contributed by atoms with Crippen molar-refractivity contribution in [3.05, 3.63) is 35.4 Å². The van der Waals surface area contributed by atoms with Crippen molar-refractivity contribution in [3.63, 3.8) is 0 Å². The van der Waals surface area contributed by atoms with Gasteiger partial charge in [-0.25, -0.2) is 4.79 Å². The maximum Gasteiger partial charge on any atom is 0.329 e. The van der Waals surface area contributed by atoms with Gasteiger partial charge in [0.25, 0.3) is 5.91 Å². The van der Waals surface area contributed by atoms with Crippen molar-refractivity contribution >= 4 is 23.6 Å². The summed E-state index contributed by atoms with van der Waals surface area (Å²) in [4.78, 5) is 28.1. The van der Waals surface area contributed by atoms with Crippen LogP contribution in [0.15, 0.2) is 24.3 Å². The second kappa shape index (κ2) is 9.63. The third-order valence-corrected chi connectivity index (χ3v) is 7.17. The molecule has 1 aromatic carbocycles. The first-order valence-corrected chi connectivity index (χ1v) is 11.3. The quantitative estimate of drug-likeness (QED) is 0.518. The van der Waals surface area contributed by atoms with E-state index in [4.69, 9.17) is 4.74 Å². The minimum absolute atomic E-state index is 0.0221. The Morgan fingerprint density at radius 3 is 2.63 bits per heavy atom. The Bertz CT molecular complexity index is 657. The first-order chi connectivity index (χ1) is 13.1. The van der Waals surface area contributed by atoms with E-state index in [9.17, 15) is 9.59 Å². The number of unbranched alkanes of at least 4 members (excludes halogenated alkanes) is 1. The number of ether oxygens (including phenoxy) is 1. The van der Waals surface area contributed by atoms with E-state index in [1.54, 1.807) is 11.8 Å². The molecule has 2 fully saturated rings. The van der Waals surface area contributed by atoms with Crippen molar-refractivity contribution in [3.8, 4) is 0 Å². The van der Waals surface area contributed by atoms with Gasteiger partial charge in [0, 0.05) is 11.3 Å². The summed E-state index contributed by atoms with van der Waals surface area (Å²) in [5, 5.41) is 0.0844. The van der Waals surface area contributed by atoms with Crippen molar-refractivity contribution in [2.45, 2.75) is 70.2 Å². The Kier molecular flexibility index (Phi) is 7.22. The lowest BCUT2D eigenvalue weighted by Crippen LogP contribution is -2.49. The van der Waals surface area contributed by atoms with Crippen LogP contribution < -0.4 is 0 Å². The predicted molar refractivity (Wildman–Crippen MR) is 110 cm³/mol. The van der Waals surface area contributed by atoms with Crippen LogP contribution in [0.4, 0.5) is 0 Å². The number of amides is 1. The molecule has 1 aromatic rings. The van der Waals surface area contributed by atoms with Gasteiger partial charge in [0.1, 0.15) is 6.04 Å². The molecule has 1 aliphatic heterocycles. The number of carbonyl (C=O) groups excluding carboxylic acids is 2.